The maximum atomic E-state index is 11.6. The second-order valence-electron chi connectivity index (χ2n) is 4.14. The van der Waals surface area contributed by atoms with Crippen LogP contribution < -0.4 is 10.6 Å². The van der Waals surface area contributed by atoms with Gasteiger partial charge in [0.1, 0.15) is 5.76 Å². The first-order chi connectivity index (χ1) is 9.34. The molecule has 0 aliphatic carbocycles. The van der Waals surface area contributed by atoms with E-state index in [1.54, 1.807) is 18.7 Å². The lowest BCUT2D eigenvalue weighted by atomic mass is 10.3. The molecule has 2 aromatic heterocycles. The van der Waals surface area contributed by atoms with Gasteiger partial charge in [0.2, 0.25) is 5.91 Å². The molecule has 1 amide bonds. The SMILES string of the molecule is O=C(CCNCc1ccco1)NCc1cccnc1. The number of hydrogen-bond acceptors (Lipinski definition) is 4. The van der Waals surface area contributed by atoms with E-state index in [1.165, 1.54) is 0 Å². The summed E-state index contributed by atoms with van der Waals surface area (Å²) in [6, 6.07) is 7.53. The highest BCUT2D eigenvalue weighted by Crippen LogP contribution is 1.98. The van der Waals surface area contributed by atoms with Gasteiger partial charge in [0, 0.05) is 31.9 Å². The maximum Gasteiger partial charge on any atom is 0.221 e. The van der Waals surface area contributed by atoms with Crippen molar-refractivity contribution < 1.29 is 9.21 Å². The fraction of sp³-hybridized carbons (Fsp3) is 0.286. The van der Waals surface area contributed by atoms with E-state index in [9.17, 15) is 4.79 Å². The van der Waals surface area contributed by atoms with Crippen molar-refractivity contribution in [1.29, 1.82) is 0 Å². The number of carbonyl (C=O) groups is 1. The van der Waals surface area contributed by atoms with Gasteiger partial charge in [0.05, 0.1) is 12.8 Å². The van der Waals surface area contributed by atoms with E-state index in [0.29, 0.717) is 26.1 Å². The normalized spacial score (nSPS) is 10.3. The Kier molecular flexibility index (Phi) is 5.13. The fourth-order valence-corrected chi connectivity index (χ4v) is 1.62. The first kappa shape index (κ1) is 13.3. The minimum Gasteiger partial charge on any atom is -0.468 e. The Labute approximate surface area is 112 Å². The Balaban J connectivity index is 1.57. The van der Waals surface area contributed by atoms with Gasteiger partial charge in [-0.15, -0.1) is 0 Å². The van der Waals surface area contributed by atoms with Crippen LogP contribution in [0.5, 0.6) is 0 Å². The second kappa shape index (κ2) is 7.33. The Morgan fingerprint density at radius 2 is 2.21 bits per heavy atom. The molecule has 0 atom stereocenters. The molecular formula is C14H17N3O2. The zero-order valence-electron chi connectivity index (χ0n) is 10.6. The number of nitrogens with one attached hydrogen (secondary N) is 2. The van der Waals surface area contributed by atoms with Gasteiger partial charge >= 0.3 is 0 Å². The largest absolute Gasteiger partial charge is 0.468 e. The zero-order valence-corrected chi connectivity index (χ0v) is 10.6. The number of rotatable bonds is 7. The smallest absolute Gasteiger partial charge is 0.221 e. The highest BCUT2D eigenvalue weighted by molar-refractivity contribution is 5.76. The molecule has 19 heavy (non-hydrogen) atoms. The Hall–Kier alpha value is -2.14. The molecule has 2 rings (SSSR count). The van der Waals surface area contributed by atoms with Crippen LogP contribution in [0.25, 0.3) is 0 Å². The van der Waals surface area contributed by atoms with Crippen molar-refractivity contribution in [3.05, 3.63) is 54.2 Å². The molecule has 0 aromatic carbocycles. The van der Waals surface area contributed by atoms with Crippen LogP contribution in [-0.4, -0.2) is 17.4 Å². The zero-order chi connectivity index (χ0) is 13.3. The lowest BCUT2D eigenvalue weighted by molar-refractivity contribution is -0.121. The first-order valence-corrected chi connectivity index (χ1v) is 6.23. The number of pyridine rings is 1. The summed E-state index contributed by atoms with van der Waals surface area (Å²) in [5, 5.41) is 6.00. The molecule has 2 heterocycles. The first-order valence-electron chi connectivity index (χ1n) is 6.23. The standard InChI is InChI=1S/C14H17N3O2/c18-14(17-10-12-3-1-6-15-9-12)5-7-16-11-13-4-2-8-19-13/h1-4,6,8-9,16H,5,7,10-11H2,(H,17,18). The van der Waals surface area contributed by atoms with Crippen LogP contribution in [0, 0.1) is 0 Å². The summed E-state index contributed by atoms with van der Waals surface area (Å²) in [5.74, 6) is 0.895. The van der Waals surface area contributed by atoms with Crippen molar-refractivity contribution in [2.45, 2.75) is 19.5 Å². The van der Waals surface area contributed by atoms with E-state index in [2.05, 4.69) is 15.6 Å². The summed E-state index contributed by atoms with van der Waals surface area (Å²) in [6.07, 6.45) is 5.54. The van der Waals surface area contributed by atoms with Crippen molar-refractivity contribution in [3.63, 3.8) is 0 Å². The van der Waals surface area contributed by atoms with Crippen molar-refractivity contribution in [1.82, 2.24) is 15.6 Å². The third-order valence-corrected chi connectivity index (χ3v) is 2.62. The van der Waals surface area contributed by atoms with Gasteiger partial charge in [-0.3, -0.25) is 9.78 Å². The lowest BCUT2D eigenvalue weighted by Gasteiger charge is -2.05. The van der Waals surface area contributed by atoms with Crippen molar-refractivity contribution >= 4 is 5.91 Å². The molecule has 0 saturated heterocycles. The van der Waals surface area contributed by atoms with Gasteiger partial charge in [0.25, 0.3) is 0 Å². The average molecular weight is 259 g/mol. The van der Waals surface area contributed by atoms with Gasteiger partial charge in [-0.1, -0.05) is 6.07 Å². The summed E-state index contributed by atoms with van der Waals surface area (Å²) >= 11 is 0. The van der Waals surface area contributed by atoms with Crippen molar-refractivity contribution in [2.24, 2.45) is 0 Å². The van der Waals surface area contributed by atoms with Crippen LogP contribution >= 0.6 is 0 Å². The third kappa shape index (κ3) is 4.93. The minimum absolute atomic E-state index is 0.0239. The molecule has 5 nitrogen and oxygen atoms in total. The van der Waals surface area contributed by atoms with E-state index in [0.717, 1.165) is 11.3 Å². The van der Waals surface area contributed by atoms with Crippen molar-refractivity contribution in [3.8, 4) is 0 Å². The van der Waals surface area contributed by atoms with Crippen LogP contribution in [0.15, 0.2) is 47.3 Å². The molecule has 0 bridgehead atoms. The van der Waals surface area contributed by atoms with Crippen LogP contribution in [0.1, 0.15) is 17.7 Å². The average Bonchev–Trinajstić information content (AvgIpc) is 2.96. The number of nitrogens with zero attached hydrogens (tertiary/aromatic N) is 1. The molecule has 100 valence electrons. The van der Waals surface area contributed by atoms with Crippen molar-refractivity contribution in [2.75, 3.05) is 6.54 Å². The van der Waals surface area contributed by atoms with Gasteiger partial charge in [-0.2, -0.15) is 0 Å². The molecule has 0 saturated carbocycles. The molecule has 0 aliphatic heterocycles. The highest BCUT2D eigenvalue weighted by Gasteiger charge is 2.01. The second-order valence-corrected chi connectivity index (χ2v) is 4.14. The molecule has 0 fully saturated rings. The number of hydrogen-bond donors (Lipinski definition) is 2. The Bertz CT molecular complexity index is 483. The van der Waals surface area contributed by atoms with E-state index in [4.69, 9.17) is 4.42 Å². The van der Waals surface area contributed by atoms with Crippen LogP contribution in [0.3, 0.4) is 0 Å². The summed E-state index contributed by atoms with van der Waals surface area (Å²) in [6.45, 7) is 1.79. The molecule has 0 spiro atoms. The molecule has 2 N–H and O–H groups in total. The number of aromatic nitrogens is 1. The van der Waals surface area contributed by atoms with E-state index in [1.807, 2.05) is 24.3 Å². The number of furan rings is 1. The van der Waals surface area contributed by atoms with Crippen LogP contribution in [-0.2, 0) is 17.9 Å². The molecular weight excluding hydrogens is 242 g/mol. The lowest BCUT2D eigenvalue weighted by Crippen LogP contribution is -2.27. The Morgan fingerprint density at radius 3 is 2.95 bits per heavy atom. The highest BCUT2D eigenvalue weighted by atomic mass is 16.3. The molecule has 2 aromatic rings. The number of amides is 1. The predicted octanol–water partition coefficient (Wildman–Crippen LogP) is 1.47. The van der Waals surface area contributed by atoms with E-state index < -0.39 is 0 Å². The van der Waals surface area contributed by atoms with Crippen LogP contribution in [0.2, 0.25) is 0 Å². The van der Waals surface area contributed by atoms with E-state index >= 15 is 0 Å². The topological polar surface area (TPSA) is 67.2 Å². The van der Waals surface area contributed by atoms with Gasteiger partial charge in [-0.25, -0.2) is 0 Å². The van der Waals surface area contributed by atoms with E-state index in [-0.39, 0.29) is 5.91 Å². The van der Waals surface area contributed by atoms with Gasteiger partial charge in [-0.05, 0) is 23.8 Å². The van der Waals surface area contributed by atoms with Gasteiger partial charge < -0.3 is 15.1 Å². The number of carbonyl (C=O) groups excluding carboxylic acids is 1. The summed E-state index contributed by atoms with van der Waals surface area (Å²) in [4.78, 5) is 15.6. The van der Waals surface area contributed by atoms with Gasteiger partial charge in [0.15, 0.2) is 0 Å². The monoisotopic (exact) mass is 259 g/mol. The molecule has 0 aliphatic rings. The maximum absolute atomic E-state index is 11.6. The molecule has 0 unspecified atom stereocenters. The van der Waals surface area contributed by atoms with Crippen LogP contribution in [0.4, 0.5) is 0 Å². The Morgan fingerprint density at radius 1 is 1.26 bits per heavy atom. The quantitative estimate of drug-likeness (QED) is 0.739. The summed E-state index contributed by atoms with van der Waals surface area (Å²) in [7, 11) is 0. The summed E-state index contributed by atoms with van der Waals surface area (Å²) in [5.41, 5.74) is 0.999. The summed E-state index contributed by atoms with van der Waals surface area (Å²) < 4.78 is 5.18. The fourth-order valence-electron chi connectivity index (χ4n) is 1.62. The minimum atomic E-state index is 0.0239. The third-order valence-electron chi connectivity index (χ3n) is 2.62. The molecule has 5 heteroatoms. The predicted molar refractivity (Wildman–Crippen MR) is 71.1 cm³/mol. The molecule has 0 radical (unpaired) electrons.